The average molecular weight is 262 g/mol. The third-order valence-corrected chi connectivity index (χ3v) is 2.67. The summed E-state index contributed by atoms with van der Waals surface area (Å²) in [6.07, 6.45) is 2.78. The Morgan fingerprint density at radius 1 is 1.28 bits per heavy atom. The molecule has 0 aliphatic heterocycles. The second-order valence-electron chi connectivity index (χ2n) is 3.83. The summed E-state index contributed by atoms with van der Waals surface area (Å²) >= 11 is 5.69. The van der Waals surface area contributed by atoms with Gasteiger partial charge in [-0.05, 0) is 12.5 Å². The highest BCUT2D eigenvalue weighted by Gasteiger charge is 2.12. The zero-order valence-corrected chi connectivity index (χ0v) is 10.6. The second-order valence-corrected chi connectivity index (χ2v) is 4.22. The monoisotopic (exact) mass is 261 g/mol. The van der Waals surface area contributed by atoms with Gasteiger partial charge in [0.1, 0.15) is 10.8 Å². The summed E-state index contributed by atoms with van der Waals surface area (Å²) in [5.74, 6) is -0.290. The predicted molar refractivity (Wildman–Crippen MR) is 69.4 cm³/mol. The molecule has 4 nitrogen and oxygen atoms in total. The first kappa shape index (κ1) is 12.5. The molecule has 2 rings (SSSR count). The maximum Gasteiger partial charge on any atom is 0.272 e. The van der Waals surface area contributed by atoms with E-state index in [1.165, 1.54) is 12.4 Å². The van der Waals surface area contributed by atoms with Gasteiger partial charge in [-0.25, -0.2) is 4.98 Å². The van der Waals surface area contributed by atoms with Crippen LogP contribution in [-0.2, 0) is 0 Å². The van der Waals surface area contributed by atoms with Crippen molar-refractivity contribution in [2.75, 3.05) is 0 Å². The summed E-state index contributed by atoms with van der Waals surface area (Å²) in [5.41, 5.74) is 1.24. The van der Waals surface area contributed by atoms with Crippen LogP contribution in [0.25, 0.3) is 0 Å². The van der Waals surface area contributed by atoms with Crippen molar-refractivity contribution in [1.82, 2.24) is 15.3 Å². The van der Waals surface area contributed by atoms with Gasteiger partial charge in [-0.1, -0.05) is 41.9 Å². The molecule has 0 saturated heterocycles. The van der Waals surface area contributed by atoms with E-state index in [-0.39, 0.29) is 22.8 Å². The maximum atomic E-state index is 11.9. The van der Waals surface area contributed by atoms with Gasteiger partial charge in [-0.2, -0.15) is 0 Å². The molecule has 1 atom stereocenters. The molecule has 0 aliphatic carbocycles. The molecular weight excluding hydrogens is 250 g/mol. The van der Waals surface area contributed by atoms with Crippen LogP contribution in [0, 0.1) is 0 Å². The molecule has 0 bridgehead atoms. The predicted octanol–water partition coefficient (Wildman–Crippen LogP) is 2.62. The normalized spacial score (nSPS) is 11.9. The number of nitrogens with one attached hydrogen (secondary N) is 1. The largest absolute Gasteiger partial charge is 0.344 e. The van der Waals surface area contributed by atoms with Crippen LogP contribution in [0.2, 0.25) is 5.15 Å². The van der Waals surface area contributed by atoms with Crippen LogP contribution in [0.5, 0.6) is 0 Å². The van der Waals surface area contributed by atoms with Gasteiger partial charge < -0.3 is 5.32 Å². The lowest BCUT2D eigenvalue weighted by molar-refractivity contribution is 0.0934. The zero-order chi connectivity index (χ0) is 13.0. The van der Waals surface area contributed by atoms with Gasteiger partial charge >= 0.3 is 0 Å². The molecule has 92 valence electrons. The molecular formula is C13H12ClN3O. The Bertz CT molecular complexity index is 545. The number of carbonyl (C=O) groups is 1. The van der Waals surface area contributed by atoms with Gasteiger partial charge in [-0.15, -0.1) is 0 Å². The third-order valence-electron chi connectivity index (χ3n) is 2.48. The summed E-state index contributed by atoms with van der Waals surface area (Å²) < 4.78 is 0. The van der Waals surface area contributed by atoms with Gasteiger partial charge in [0.15, 0.2) is 0 Å². The van der Waals surface area contributed by atoms with Crippen LogP contribution in [0.1, 0.15) is 29.0 Å². The fourth-order valence-electron chi connectivity index (χ4n) is 1.55. The summed E-state index contributed by atoms with van der Waals surface area (Å²) in [4.78, 5) is 19.6. The fourth-order valence-corrected chi connectivity index (χ4v) is 1.69. The van der Waals surface area contributed by atoms with Gasteiger partial charge in [0.05, 0.1) is 18.4 Å². The van der Waals surface area contributed by atoms with Gasteiger partial charge in [0, 0.05) is 0 Å². The number of hydrogen-bond donors (Lipinski definition) is 1. The minimum atomic E-state index is -0.290. The summed E-state index contributed by atoms with van der Waals surface area (Å²) in [6, 6.07) is 9.59. The lowest BCUT2D eigenvalue weighted by Crippen LogP contribution is -2.27. The number of rotatable bonds is 3. The van der Waals surface area contributed by atoms with Crippen molar-refractivity contribution in [3.8, 4) is 0 Å². The van der Waals surface area contributed by atoms with Crippen LogP contribution in [0.4, 0.5) is 0 Å². The molecule has 18 heavy (non-hydrogen) atoms. The quantitative estimate of drug-likeness (QED) is 0.924. The molecule has 2 aromatic rings. The Balaban J connectivity index is 2.08. The van der Waals surface area contributed by atoms with E-state index in [0.717, 1.165) is 5.56 Å². The highest BCUT2D eigenvalue weighted by atomic mass is 35.5. The van der Waals surface area contributed by atoms with Gasteiger partial charge in [-0.3, -0.25) is 9.78 Å². The van der Waals surface area contributed by atoms with Crippen LogP contribution in [0.15, 0.2) is 42.7 Å². The van der Waals surface area contributed by atoms with E-state index < -0.39 is 0 Å². The smallest absolute Gasteiger partial charge is 0.272 e. The Kier molecular flexibility index (Phi) is 3.89. The molecule has 0 radical (unpaired) electrons. The zero-order valence-electron chi connectivity index (χ0n) is 9.80. The Labute approximate surface area is 110 Å². The topological polar surface area (TPSA) is 54.9 Å². The highest BCUT2D eigenvalue weighted by molar-refractivity contribution is 6.29. The van der Waals surface area contributed by atoms with Crippen LogP contribution in [-0.4, -0.2) is 15.9 Å². The van der Waals surface area contributed by atoms with Crippen molar-refractivity contribution in [1.29, 1.82) is 0 Å². The lowest BCUT2D eigenvalue weighted by atomic mass is 10.1. The molecule has 0 unspecified atom stereocenters. The van der Waals surface area contributed by atoms with E-state index in [4.69, 9.17) is 11.6 Å². The van der Waals surface area contributed by atoms with Crippen LogP contribution in [0.3, 0.4) is 0 Å². The van der Waals surface area contributed by atoms with Crippen molar-refractivity contribution in [3.05, 3.63) is 59.1 Å². The SMILES string of the molecule is C[C@H](NC(=O)c1cncc(Cl)n1)c1ccccc1. The van der Waals surface area contributed by atoms with E-state index in [1.807, 2.05) is 37.3 Å². The van der Waals surface area contributed by atoms with Crippen LogP contribution >= 0.6 is 11.6 Å². The van der Waals surface area contributed by atoms with E-state index in [1.54, 1.807) is 0 Å². The van der Waals surface area contributed by atoms with Crippen molar-refractivity contribution >= 4 is 17.5 Å². The number of halogens is 1. The van der Waals surface area contributed by atoms with E-state index in [0.29, 0.717) is 0 Å². The van der Waals surface area contributed by atoms with Gasteiger partial charge in [0.2, 0.25) is 0 Å². The van der Waals surface area contributed by atoms with Crippen molar-refractivity contribution in [3.63, 3.8) is 0 Å². The number of hydrogen-bond acceptors (Lipinski definition) is 3. The molecule has 0 aliphatic rings. The van der Waals surface area contributed by atoms with E-state index >= 15 is 0 Å². The van der Waals surface area contributed by atoms with Crippen molar-refractivity contribution < 1.29 is 4.79 Å². The maximum absolute atomic E-state index is 11.9. The number of aromatic nitrogens is 2. The fraction of sp³-hybridized carbons (Fsp3) is 0.154. The minimum absolute atomic E-state index is 0.0977. The Morgan fingerprint density at radius 3 is 2.67 bits per heavy atom. The van der Waals surface area contributed by atoms with Crippen molar-refractivity contribution in [2.45, 2.75) is 13.0 Å². The van der Waals surface area contributed by atoms with Gasteiger partial charge in [0.25, 0.3) is 5.91 Å². The second kappa shape index (κ2) is 5.60. The molecule has 1 N–H and O–H groups in total. The first-order valence-corrected chi connectivity index (χ1v) is 5.88. The Morgan fingerprint density at radius 2 is 2.00 bits per heavy atom. The lowest BCUT2D eigenvalue weighted by Gasteiger charge is -2.13. The third kappa shape index (κ3) is 3.05. The summed E-state index contributed by atoms with van der Waals surface area (Å²) in [6.45, 7) is 1.91. The summed E-state index contributed by atoms with van der Waals surface area (Å²) in [7, 11) is 0. The highest BCUT2D eigenvalue weighted by Crippen LogP contribution is 2.12. The molecule has 1 aromatic carbocycles. The first-order valence-electron chi connectivity index (χ1n) is 5.50. The molecule has 5 heteroatoms. The minimum Gasteiger partial charge on any atom is -0.344 e. The molecule has 1 aromatic heterocycles. The number of amides is 1. The molecule has 0 fully saturated rings. The standard InChI is InChI=1S/C13H12ClN3O/c1-9(10-5-3-2-4-6-10)16-13(18)11-7-15-8-12(14)17-11/h2-9H,1H3,(H,16,18)/t9-/m0/s1. The average Bonchev–Trinajstić information content (AvgIpc) is 2.39. The number of benzene rings is 1. The van der Waals surface area contributed by atoms with Crippen LogP contribution < -0.4 is 5.32 Å². The summed E-state index contributed by atoms with van der Waals surface area (Å²) in [5, 5.41) is 3.04. The van der Waals surface area contributed by atoms with E-state index in [9.17, 15) is 4.79 Å². The van der Waals surface area contributed by atoms with E-state index in [2.05, 4.69) is 15.3 Å². The Hall–Kier alpha value is -1.94. The molecule has 0 spiro atoms. The molecule has 1 amide bonds. The molecule has 0 saturated carbocycles. The number of nitrogens with zero attached hydrogens (tertiary/aromatic N) is 2. The first-order chi connectivity index (χ1) is 8.66. The number of carbonyl (C=O) groups excluding carboxylic acids is 1. The molecule has 1 heterocycles. The van der Waals surface area contributed by atoms with Crippen molar-refractivity contribution in [2.24, 2.45) is 0 Å².